The first-order valence-electron chi connectivity index (χ1n) is 7.35. The number of primary amides is 1. The number of amides is 2. The third-order valence-electron chi connectivity index (χ3n) is 4.18. The molecule has 0 spiro atoms. The van der Waals surface area contributed by atoms with Gasteiger partial charge in [-0.05, 0) is 30.5 Å². The predicted molar refractivity (Wildman–Crippen MR) is 81.4 cm³/mol. The number of hydrogen-bond acceptors (Lipinski definition) is 3. The Kier molecular flexibility index (Phi) is 4.63. The lowest BCUT2D eigenvalue weighted by Gasteiger charge is -2.35. The molecule has 0 saturated heterocycles. The van der Waals surface area contributed by atoms with Crippen LogP contribution in [0, 0.1) is 0 Å². The Balaban J connectivity index is 2.01. The monoisotopic (exact) mass is 289 g/mol. The van der Waals surface area contributed by atoms with Crippen molar-refractivity contribution in [3.8, 4) is 0 Å². The van der Waals surface area contributed by atoms with Crippen LogP contribution < -0.4 is 11.5 Å². The summed E-state index contributed by atoms with van der Waals surface area (Å²) in [6.07, 6.45) is 4.71. The van der Waals surface area contributed by atoms with Crippen molar-refractivity contribution in [3.05, 3.63) is 35.4 Å². The maximum Gasteiger partial charge on any atom is 0.248 e. The van der Waals surface area contributed by atoms with Gasteiger partial charge in [0.15, 0.2) is 0 Å². The van der Waals surface area contributed by atoms with Crippen LogP contribution in [0.2, 0.25) is 0 Å². The van der Waals surface area contributed by atoms with E-state index < -0.39 is 11.4 Å². The van der Waals surface area contributed by atoms with E-state index in [9.17, 15) is 9.59 Å². The fourth-order valence-electron chi connectivity index (χ4n) is 2.90. The molecule has 5 heteroatoms. The number of carbonyl (C=O) groups is 2. The SMILES string of the molecule is CN(Cc1ccc(C(N)=O)cc1)C(=O)C1(N)CCCCC1. The molecular formula is C16H23N3O2. The zero-order valence-corrected chi connectivity index (χ0v) is 12.5. The average Bonchev–Trinajstić information content (AvgIpc) is 2.47. The van der Waals surface area contributed by atoms with Crippen molar-refractivity contribution in [2.75, 3.05) is 7.05 Å². The zero-order chi connectivity index (χ0) is 15.5. The van der Waals surface area contributed by atoms with Gasteiger partial charge in [-0.25, -0.2) is 0 Å². The quantitative estimate of drug-likeness (QED) is 0.878. The zero-order valence-electron chi connectivity index (χ0n) is 12.5. The van der Waals surface area contributed by atoms with Gasteiger partial charge in [-0.15, -0.1) is 0 Å². The average molecular weight is 289 g/mol. The predicted octanol–water partition coefficient (Wildman–Crippen LogP) is 1.41. The summed E-state index contributed by atoms with van der Waals surface area (Å²) in [6.45, 7) is 0.483. The van der Waals surface area contributed by atoms with E-state index in [-0.39, 0.29) is 5.91 Å². The van der Waals surface area contributed by atoms with Gasteiger partial charge in [0, 0.05) is 19.2 Å². The molecule has 1 fully saturated rings. The van der Waals surface area contributed by atoms with Crippen LogP contribution in [0.25, 0.3) is 0 Å². The normalized spacial score (nSPS) is 17.2. The minimum absolute atomic E-state index is 0.00109. The molecule has 5 nitrogen and oxygen atoms in total. The maximum absolute atomic E-state index is 12.5. The second-order valence-electron chi connectivity index (χ2n) is 5.94. The van der Waals surface area contributed by atoms with E-state index in [1.54, 1.807) is 24.1 Å². The topological polar surface area (TPSA) is 89.4 Å². The van der Waals surface area contributed by atoms with E-state index in [0.29, 0.717) is 12.1 Å². The van der Waals surface area contributed by atoms with E-state index >= 15 is 0 Å². The van der Waals surface area contributed by atoms with Crippen LogP contribution in [-0.2, 0) is 11.3 Å². The summed E-state index contributed by atoms with van der Waals surface area (Å²) in [5, 5.41) is 0. The van der Waals surface area contributed by atoms with E-state index in [1.807, 2.05) is 12.1 Å². The van der Waals surface area contributed by atoms with E-state index in [2.05, 4.69) is 0 Å². The van der Waals surface area contributed by atoms with Gasteiger partial charge in [-0.3, -0.25) is 9.59 Å². The molecule has 0 atom stereocenters. The molecule has 0 radical (unpaired) electrons. The molecule has 4 N–H and O–H groups in total. The van der Waals surface area contributed by atoms with Crippen molar-refractivity contribution in [2.24, 2.45) is 11.5 Å². The lowest BCUT2D eigenvalue weighted by atomic mass is 9.81. The summed E-state index contributed by atoms with van der Waals surface area (Å²) in [7, 11) is 1.77. The highest BCUT2D eigenvalue weighted by atomic mass is 16.2. The highest BCUT2D eigenvalue weighted by molar-refractivity contribution is 5.92. The van der Waals surface area contributed by atoms with Gasteiger partial charge in [-0.1, -0.05) is 31.4 Å². The highest BCUT2D eigenvalue weighted by Crippen LogP contribution is 2.27. The molecule has 1 aliphatic rings. The maximum atomic E-state index is 12.5. The second-order valence-corrected chi connectivity index (χ2v) is 5.94. The fourth-order valence-corrected chi connectivity index (χ4v) is 2.90. The van der Waals surface area contributed by atoms with Crippen molar-refractivity contribution in [1.29, 1.82) is 0 Å². The first kappa shape index (κ1) is 15.5. The summed E-state index contributed by atoms with van der Waals surface area (Å²) in [5.74, 6) is -0.449. The molecule has 0 bridgehead atoms. The Morgan fingerprint density at radius 3 is 2.24 bits per heavy atom. The molecule has 0 aromatic heterocycles. The second kappa shape index (κ2) is 6.26. The van der Waals surface area contributed by atoms with Gasteiger partial charge in [0.1, 0.15) is 0 Å². The van der Waals surface area contributed by atoms with Gasteiger partial charge in [0.2, 0.25) is 11.8 Å². The van der Waals surface area contributed by atoms with Crippen molar-refractivity contribution in [1.82, 2.24) is 4.90 Å². The number of nitrogens with two attached hydrogens (primary N) is 2. The lowest BCUT2D eigenvalue weighted by molar-refractivity contribution is -0.137. The van der Waals surface area contributed by atoms with Crippen molar-refractivity contribution >= 4 is 11.8 Å². The van der Waals surface area contributed by atoms with Crippen LogP contribution in [0.4, 0.5) is 0 Å². The largest absolute Gasteiger partial charge is 0.366 e. The smallest absolute Gasteiger partial charge is 0.248 e. The molecule has 1 aliphatic carbocycles. The molecule has 0 heterocycles. The molecule has 21 heavy (non-hydrogen) atoms. The van der Waals surface area contributed by atoms with E-state index in [0.717, 1.165) is 37.7 Å². The lowest BCUT2D eigenvalue weighted by Crippen LogP contribution is -2.55. The van der Waals surface area contributed by atoms with Crippen LogP contribution in [-0.4, -0.2) is 29.3 Å². The molecule has 1 saturated carbocycles. The van der Waals surface area contributed by atoms with Crippen molar-refractivity contribution < 1.29 is 9.59 Å². The van der Waals surface area contributed by atoms with Crippen LogP contribution >= 0.6 is 0 Å². The van der Waals surface area contributed by atoms with Gasteiger partial charge < -0.3 is 16.4 Å². The Hall–Kier alpha value is -1.88. The van der Waals surface area contributed by atoms with Crippen molar-refractivity contribution in [2.45, 2.75) is 44.2 Å². The van der Waals surface area contributed by atoms with Gasteiger partial charge in [0.05, 0.1) is 5.54 Å². The van der Waals surface area contributed by atoms with Crippen molar-refractivity contribution in [3.63, 3.8) is 0 Å². The summed E-state index contributed by atoms with van der Waals surface area (Å²) in [5.41, 5.74) is 12.2. The number of rotatable bonds is 4. The molecule has 0 unspecified atom stereocenters. The number of hydrogen-bond donors (Lipinski definition) is 2. The van der Waals surface area contributed by atoms with Gasteiger partial charge >= 0.3 is 0 Å². The van der Waals surface area contributed by atoms with Crippen LogP contribution in [0.3, 0.4) is 0 Å². The standard InChI is InChI=1S/C16H23N3O2/c1-19(15(21)16(18)9-3-2-4-10-16)11-12-5-7-13(8-6-12)14(17)20/h5-8H,2-4,9-11,18H2,1H3,(H2,17,20). The molecule has 114 valence electrons. The Morgan fingerprint density at radius 2 is 1.71 bits per heavy atom. The van der Waals surface area contributed by atoms with E-state index in [4.69, 9.17) is 11.5 Å². The Labute approximate surface area is 125 Å². The number of carbonyl (C=O) groups excluding carboxylic acids is 2. The Bertz CT molecular complexity index is 519. The first-order valence-corrected chi connectivity index (χ1v) is 7.35. The van der Waals surface area contributed by atoms with Gasteiger partial charge in [0.25, 0.3) is 0 Å². The van der Waals surface area contributed by atoms with Gasteiger partial charge in [-0.2, -0.15) is 0 Å². The summed E-state index contributed by atoms with van der Waals surface area (Å²) in [4.78, 5) is 25.2. The summed E-state index contributed by atoms with van der Waals surface area (Å²) in [6, 6.07) is 6.98. The first-order chi connectivity index (χ1) is 9.92. The van der Waals surface area contributed by atoms with E-state index in [1.165, 1.54) is 0 Å². The molecule has 1 aromatic carbocycles. The third kappa shape index (κ3) is 3.61. The Morgan fingerprint density at radius 1 is 1.14 bits per heavy atom. The molecule has 2 rings (SSSR count). The minimum Gasteiger partial charge on any atom is -0.366 e. The minimum atomic E-state index is -0.708. The van der Waals surface area contributed by atoms with Crippen LogP contribution in [0.1, 0.15) is 48.0 Å². The number of benzene rings is 1. The molecule has 0 aliphatic heterocycles. The number of nitrogens with zero attached hydrogens (tertiary/aromatic N) is 1. The van der Waals surface area contributed by atoms with Crippen LogP contribution in [0.5, 0.6) is 0 Å². The molecule has 1 aromatic rings. The fraction of sp³-hybridized carbons (Fsp3) is 0.500. The summed E-state index contributed by atoms with van der Waals surface area (Å²) >= 11 is 0. The molecular weight excluding hydrogens is 266 g/mol. The molecule has 2 amide bonds. The summed E-state index contributed by atoms with van der Waals surface area (Å²) < 4.78 is 0. The highest BCUT2D eigenvalue weighted by Gasteiger charge is 2.37. The number of likely N-dealkylation sites (N-methyl/N-ethyl adjacent to an activating group) is 1. The van der Waals surface area contributed by atoms with Crippen LogP contribution in [0.15, 0.2) is 24.3 Å². The third-order valence-corrected chi connectivity index (χ3v) is 4.18.